The van der Waals surface area contributed by atoms with Gasteiger partial charge in [-0.2, -0.15) is 0 Å². The standard InChI is InChI=1S/C15H23NO2/c1-14(2,3)12-10-8-7-9-11(12)13(17)16-18-15(4,5)6/h7-10H,1-6H3,(H,16,17). The number of carbonyl (C=O) groups is 1. The molecule has 100 valence electrons. The van der Waals surface area contributed by atoms with Gasteiger partial charge in [0, 0.05) is 5.56 Å². The first-order valence-corrected chi connectivity index (χ1v) is 6.19. The van der Waals surface area contributed by atoms with Crippen LogP contribution in [0.15, 0.2) is 24.3 Å². The summed E-state index contributed by atoms with van der Waals surface area (Å²) >= 11 is 0. The Balaban J connectivity index is 2.93. The average Bonchev–Trinajstić information content (AvgIpc) is 2.24. The van der Waals surface area contributed by atoms with E-state index in [2.05, 4.69) is 26.3 Å². The Labute approximate surface area is 109 Å². The highest BCUT2D eigenvalue weighted by atomic mass is 16.7. The Kier molecular flexibility index (Phi) is 4.17. The number of benzene rings is 1. The summed E-state index contributed by atoms with van der Waals surface area (Å²) in [6, 6.07) is 7.61. The van der Waals surface area contributed by atoms with Gasteiger partial charge < -0.3 is 0 Å². The Morgan fingerprint density at radius 1 is 1.06 bits per heavy atom. The number of hydroxylamine groups is 1. The molecule has 1 aromatic rings. The van der Waals surface area contributed by atoms with Gasteiger partial charge >= 0.3 is 0 Å². The molecule has 0 saturated heterocycles. The highest BCUT2D eigenvalue weighted by Crippen LogP contribution is 2.25. The summed E-state index contributed by atoms with van der Waals surface area (Å²) in [4.78, 5) is 17.4. The third-order valence-electron chi connectivity index (χ3n) is 2.43. The van der Waals surface area contributed by atoms with Gasteiger partial charge in [-0.25, -0.2) is 5.48 Å². The molecule has 3 nitrogen and oxygen atoms in total. The summed E-state index contributed by atoms with van der Waals surface area (Å²) in [6.07, 6.45) is 0. The zero-order valence-electron chi connectivity index (χ0n) is 12.1. The fraction of sp³-hybridized carbons (Fsp3) is 0.533. The molecule has 1 amide bonds. The van der Waals surface area contributed by atoms with Crippen molar-refractivity contribution in [3.05, 3.63) is 35.4 Å². The Bertz CT molecular complexity index is 425. The second-order valence-corrected chi connectivity index (χ2v) is 6.44. The van der Waals surface area contributed by atoms with Gasteiger partial charge in [-0.05, 0) is 37.8 Å². The molecule has 1 aromatic carbocycles. The van der Waals surface area contributed by atoms with Crippen molar-refractivity contribution in [2.45, 2.75) is 52.6 Å². The zero-order chi connectivity index (χ0) is 14.0. The quantitative estimate of drug-likeness (QED) is 0.815. The minimum absolute atomic E-state index is 0.0737. The van der Waals surface area contributed by atoms with Crippen LogP contribution >= 0.6 is 0 Å². The molecule has 3 heteroatoms. The highest BCUT2D eigenvalue weighted by molar-refractivity contribution is 5.95. The largest absolute Gasteiger partial charge is 0.275 e. The van der Waals surface area contributed by atoms with Crippen molar-refractivity contribution in [2.75, 3.05) is 0 Å². The number of amides is 1. The van der Waals surface area contributed by atoms with Crippen LogP contribution in [-0.2, 0) is 10.3 Å². The van der Waals surface area contributed by atoms with Crippen LogP contribution in [0.1, 0.15) is 57.5 Å². The van der Waals surface area contributed by atoms with Crippen LogP contribution in [0, 0.1) is 0 Å². The average molecular weight is 249 g/mol. The van der Waals surface area contributed by atoms with E-state index in [1.165, 1.54) is 0 Å². The maximum atomic E-state index is 12.1. The van der Waals surface area contributed by atoms with Crippen LogP contribution in [0.5, 0.6) is 0 Å². The highest BCUT2D eigenvalue weighted by Gasteiger charge is 2.22. The molecule has 0 spiro atoms. The Morgan fingerprint density at radius 3 is 2.11 bits per heavy atom. The lowest BCUT2D eigenvalue weighted by Crippen LogP contribution is -2.34. The molecule has 0 aliphatic carbocycles. The molecule has 0 saturated carbocycles. The topological polar surface area (TPSA) is 38.3 Å². The van der Waals surface area contributed by atoms with Crippen LogP contribution in [-0.4, -0.2) is 11.5 Å². The van der Waals surface area contributed by atoms with Crippen molar-refractivity contribution in [2.24, 2.45) is 0 Å². The van der Waals surface area contributed by atoms with E-state index in [4.69, 9.17) is 4.84 Å². The van der Waals surface area contributed by atoms with E-state index < -0.39 is 5.60 Å². The van der Waals surface area contributed by atoms with Crippen LogP contribution in [0.3, 0.4) is 0 Å². The number of rotatable bonds is 2. The lowest BCUT2D eigenvalue weighted by atomic mass is 9.83. The molecule has 0 atom stereocenters. The molecule has 0 bridgehead atoms. The second kappa shape index (κ2) is 5.11. The van der Waals surface area contributed by atoms with Gasteiger partial charge in [-0.1, -0.05) is 39.0 Å². The summed E-state index contributed by atoms with van der Waals surface area (Å²) in [7, 11) is 0. The van der Waals surface area contributed by atoms with E-state index in [-0.39, 0.29) is 11.3 Å². The minimum atomic E-state index is -0.396. The predicted molar refractivity (Wildman–Crippen MR) is 73.4 cm³/mol. The smallest absolute Gasteiger partial charge is 0.268 e. The number of hydrogen-bond acceptors (Lipinski definition) is 2. The second-order valence-electron chi connectivity index (χ2n) is 6.44. The maximum absolute atomic E-state index is 12.1. The number of nitrogens with one attached hydrogen (secondary N) is 1. The van der Waals surface area contributed by atoms with E-state index in [1.807, 2.05) is 45.0 Å². The normalized spacial score (nSPS) is 12.3. The molecular weight excluding hydrogens is 226 g/mol. The van der Waals surface area contributed by atoms with Crippen LogP contribution in [0.2, 0.25) is 0 Å². The van der Waals surface area contributed by atoms with Gasteiger partial charge in [-0.15, -0.1) is 0 Å². The molecular formula is C15H23NO2. The monoisotopic (exact) mass is 249 g/mol. The minimum Gasteiger partial charge on any atom is -0.268 e. The summed E-state index contributed by atoms with van der Waals surface area (Å²) in [5.41, 5.74) is 3.72. The number of carbonyl (C=O) groups excluding carboxylic acids is 1. The van der Waals surface area contributed by atoms with Crippen molar-refractivity contribution >= 4 is 5.91 Å². The molecule has 0 aliphatic heterocycles. The summed E-state index contributed by atoms with van der Waals surface area (Å²) in [5, 5.41) is 0. The summed E-state index contributed by atoms with van der Waals surface area (Å²) < 4.78 is 0. The number of hydrogen-bond donors (Lipinski definition) is 1. The third-order valence-corrected chi connectivity index (χ3v) is 2.43. The molecule has 1 N–H and O–H groups in total. The van der Waals surface area contributed by atoms with Crippen LogP contribution in [0.25, 0.3) is 0 Å². The molecule has 0 aromatic heterocycles. The van der Waals surface area contributed by atoms with Crippen molar-refractivity contribution in [1.82, 2.24) is 5.48 Å². The molecule has 1 rings (SSSR count). The van der Waals surface area contributed by atoms with Crippen LogP contribution in [0.4, 0.5) is 0 Å². The van der Waals surface area contributed by atoms with Crippen molar-refractivity contribution < 1.29 is 9.63 Å². The SMILES string of the molecule is CC(C)(C)ONC(=O)c1ccccc1C(C)(C)C. The summed E-state index contributed by atoms with van der Waals surface area (Å²) in [6.45, 7) is 11.9. The van der Waals surface area contributed by atoms with Gasteiger partial charge in [0.25, 0.3) is 5.91 Å². The van der Waals surface area contributed by atoms with Gasteiger partial charge in [0.1, 0.15) is 0 Å². The zero-order valence-corrected chi connectivity index (χ0v) is 12.1. The van der Waals surface area contributed by atoms with Crippen molar-refractivity contribution in [3.8, 4) is 0 Å². The molecule has 0 aliphatic rings. The molecule has 0 fully saturated rings. The molecule has 18 heavy (non-hydrogen) atoms. The van der Waals surface area contributed by atoms with Gasteiger partial charge in [-0.3, -0.25) is 9.63 Å². The first kappa shape index (κ1) is 14.7. The van der Waals surface area contributed by atoms with Gasteiger partial charge in [0.15, 0.2) is 0 Å². The fourth-order valence-corrected chi connectivity index (χ4v) is 1.59. The third kappa shape index (κ3) is 4.15. The van der Waals surface area contributed by atoms with Crippen molar-refractivity contribution in [3.63, 3.8) is 0 Å². The summed E-state index contributed by atoms with van der Waals surface area (Å²) in [5.74, 6) is -0.199. The Morgan fingerprint density at radius 2 is 1.61 bits per heavy atom. The van der Waals surface area contributed by atoms with Gasteiger partial charge in [0.05, 0.1) is 5.60 Å². The van der Waals surface area contributed by atoms with E-state index in [0.29, 0.717) is 5.56 Å². The predicted octanol–water partition coefficient (Wildman–Crippen LogP) is 3.44. The van der Waals surface area contributed by atoms with E-state index in [9.17, 15) is 4.79 Å². The van der Waals surface area contributed by atoms with Crippen molar-refractivity contribution in [1.29, 1.82) is 0 Å². The maximum Gasteiger partial charge on any atom is 0.275 e. The van der Waals surface area contributed by atoms with E-state index in [0.717, 1.165) is 5.56 Å². The molecule has 0 heterocycles. The Hall–Kier alpha value is -1.35. The van der Waals surface area contributed by atoms with E-state index >= 15 is 0 Å². The lowest BCUT2D eigenvalue weighted by molar-refractivity contribution is -0.0590. The fourth-order valence-electron chi connectivity index (χ4n) is 1.59. The van der Waals surface area contributed by atoms with Crippen LogP contribution < -0.4 is 5.48 Å². The van der Waals surface area contributed by atoms with Gasteiger partial charge in [0.2, 0.25) is 0 Å². The molecule has 0 radical (unpaired) electrons. The molecule has 0 unspecified atom stereocenters. The first-order chi connectivity index (χ1) is 8.11. The first-order valence-electron chi connectivity index (χ1n) is 6.19. The lowest BCUT2D eigenvalue weighted by Gasteiger charge is -2.24. The van der Waals surface area contributed by atoms with E-state index in [1.54, 1.807) is 0 Å².